The highest BCUT2D eigenvalue weighted by Gasteiger charge is 2.10. The lowest BCUT2D eigenvalue weighted by Gasteiger charge is -2.12. The summed E-state index contributed by atoms with van der Waals surface area (Å²) in [6.45, 7) is 3.75. The molecule has 0 bridgehead atoms. The van der Waals surface area contributed by atoms with E-state index in [4.69, 9.17) is 9.26 Å². The van der Waals surface area contributed by atoms with Crippen LogP contribution in [0.25, 0.3) is 11.4 Å². The third kappa shape index (κ3) is 3.40. The average Bonchev–Trinajstić information content (AvgIpc) is 2.85. The summed E-state index contributed by atoms with van der Waals surface area (Å²) in [5.41, 5.74) is 0.801. The van der Waals surface area contributed by atoms with Crippen LogP contribution < -0.4 is 4.74 Å². The molecular formula is C14H16N2O3. The standard InChI is InChI=1S/C14H16N2O3/c1-3-5-13(9-17)18-12-7-4-6-11(8-12)14-15-10(2)19-16-14/h4,6-9,13H,3,5H2,1-2H3. The lowest BCUT2D eigenvalue weighted by molar-refractivity contribution is -0.113. The van der Waals surface area contributed by atoms with Crippen molar-refractivity contribution in [2.45, 2.75) is 32.8 Å². The number of hydrogen-bond acceptors (Lipinski definition) is 5. The Labute approximate surface area is 111 Å². The normalized spacial score (nSPS) is 12.1. The van der Waals surface area contributed by atoms with Crippen LogP contribution in [-0.2, 0) is 4.79 Å². The Morgan fingerprint density at radius 1 is 1.47 bits per heavy atom. The number of rotatable bonds is 6. The van der Waals surface area contributed by atoms with Crippen LogP contribution in [0.4, 0.5) is 0 Å². The molecule has 5 nitrogen and oxygen atoms in total. The quantitative estimate of drug-likeness (QED) is 0.747. The minimum absolute atomic E-state index is 0.410. The van der Waals surface area contributed by atoms with Gasteiger partial charge in [-0.25, -0.2) is 0 Å². The van der Waals surface area contributed by atoms with Crippen molar-refractivity contribution in [2.75, 3.05) is 0 Å². The van der Waals surface area contributed by atoms with Crippen molar-refractivity contribution in [2.24, 2.45) is 0 Å². The van der Waals surface area contributed by atoms with E-state index in [0.29, 0.717) is 23.9 Å². The van der Waals surface area contributed by atoms with E-state index < -0.39 is 6.10 Å². The lowest BCUT2D eigenvalue weighted by atomic mass is 10.2. The van der Waals surface area contributed by atoms with Gasteiger partial charge in [-0.15, -0.1) is 0 Å². The highest BCUT2D eigenvalue weighted by Crippen LogP contribution is 2.22. The van der Waals surface area contributed by atoms with Gasteiger partial charge in [-0.05, 0) is 18.6 Å². The first kappa shape index (κ1) is 13.3. The number of carbonyl (C=O) groups excluding carboxylic acids is 1. The zero-order chi connectivity index (χ0) is 13.7. The topological polar surface area (TPSA) is 65.2 Å². The van der Waals surface area contributed by atoms with Crippen LogP contribution in [0.3, 0.4) is 0 Å². The van der Waals surface area contributed by atoms with Gasteiger partial charge in [0.05, 0.1) is 0 Å². The van der Waals surface area contributed by atoms with E-state index in [-0.39, 0.29) is 0 Å². The van der Waals surface area contributed by atoms with Gasteiger partial charge in [-0.3, -0.25) is 4.79 Å². The van der Waals surface area contributed by atoms with Crippen molar-refractivity contribution in [3.8, 4) is 17.1 Å². The van der Waals surface area contributed by atoms with E-state index in [1.807, 2.05) is 25.1 Å². The van der Waals surface area contributed by atoms with Crippen LogP contribution in [0, 0.1) is 6.92 Å². The van der Waals surface area contributed by atoms with Gasteiger partial charge in [-0.2, -0.15) is 4.98 Å². The Kier molecular flexibility index (Phi) is 4.28. The zero-order valence-corrected chi connectivity index (χ0v) is 11.0. The van der Waals surface area contributed by atoms with Gasteiger partial charge in [0, 0.05) is 12.5 Å². The second kappa shape index (κ2) is 6.13. The van der Waals surface area contributed by atoms with Crippen molar-refractivity contribution in [3.63, 3.8) is 0 Å². The number of aryl methyl sites for hydroxylation is 1. The molecular weight excluding hydrogens is 244 g/mol. The molecule has 1 aromatic carbocycles. The number of ether oxygens (including phenoxy) is 1. The summed E-state index contributed by atoms with van der Waals surface area (Å²) in [5, 5.41) is 3.85. The Hall–Kier alpha value is -2.17. The molecule has 19 heavy (non-hydrogen) atoms. The van der Waals surface area contributed by atoms with E-state index in [2.05, 4.69) is 10.1 Å². The van der Waals surface area contributed by atoms with Crippen molar-refractivity contribution in [1.29, 1.82) is 0 Å². The molecule has 2 rings (SSSR count). The van der Waals surface area contributed by atoms with Gasteiger partial charge >= 0.3 is 0 Å². The molecule has 2 aromatic rings. The van der Waals surface area contributed by atoms with Gasteiger partial charge in [0.2, 0.25) is 11.7 Å². The maximum absolute atomic E-state index is 10.9. The maximum Gasteiger partial charge on any atom is 0.223 e. The smallest absolute Gasteiger partial charge is 0.223 e. The first-order chi connectivity index (χ1) is 9.22. The molecule has 0 amide bonds. The Morgan fingerprint density at radius 3 is 2.95 bits per heavy atom. The molecule has 1 atom stereocenters. The van der Waals surface area contributed by atoms with Gasteiger partial charge in [-0.1, -0.05) is 30.6 Å². The molecule has 0 radical (unpaired) electrons. The first-order valence-electron chi connectivity index (χ1n) is 6.25. The van der Waals surface area contributed by atoms with Gasteiger partial charge in [0.15, 0.2) is 12.4 Å². The number of benzene rings is 1. The first-order valence-corrected chi connectivity index (χ1v) is 6.25. The summed E-state index contributed by atoms with van der Waals surface area (Å²) < 4.78 is 10.6. The van der Waals surface area contributed by atoms with Crippen LogP contribution in [-0.4, -0.2) is 22.5 Å². The summed E-state index contributed by atoms with van der Waals surface area (Å²) >= 11 is 0. The molecule has 1 heterocycles. The zero-order valence-electron chi connectivity index (χ0n) is 11.0. The SMILES string of the molecule is CCCC(C=O)Oc1cccc(-c2noc(C)n2)c1. The van der Waals surface area contributed by atoms with Crippen LogP contribution in [0.2, 0.25) is 0 Å². The second-order valence-electron chi connectivity index (χ2n) is 4.25. The molecule has 100 valence electrons. The maximum atomic E-state index is 10.9. The number of aldehydes is 1. The Morgan fingerprint density at radius 2 is 2.32 bits per heavy atom. The summed E-state index contributed by atoms with van der Waals surface area (Å²) in [6.07, 6.45) is 2.02. The Balaban J connectivity index is 2.17. The predicted octanol–water partition coefficient (Wildman–Crippen LogP) is 2.79. The minimum Gasteiger partial charge on any atom is -0.483 e. The van der Waals surface area contributed by atoms with Crippen molar-refractivity contribution < 1.29 is 14.1 Å². The number of hydrogen-bond donors (Lipinski definition) is 0. The van der Waals surface area contributed by atoms with Gasteiger partial charge < -0.3 is 9.26 Å². The van der Waals surface area contributed by atoms with Crippen LogP contribution in [0.1, 0.15) is 25.7 Å². The molecule has 0 spiro atoms. The molecule has 1 unspecified atom stereocenters. The average molecular weight is 260 g/mol. The number of nitrogens with zero attached hydrogens (tertiary/aromatic N) is 2. The fourth-order valence-electron chi connectivity index (χ4n) is 1.74. The van der Waals surface area contributed by atoms with Gasteiger partial charge in [0.25, 0.3) is 0 Å². The molecule has 1 aromatic heterocycles. The fourth-order valence-corrected chi connectivity index (χ4v) is 1.74. The minimum atomic E-state index is -0.410. The van der Waals surface area contributed by atoms with Crippen molar-refractivity contribution >= 4 is 6.29 Å². The third-order valence-corrected chi connectivity index (χ3v) is 2.63. The van der Waals surface area contributed by atoms with Crippen LogP contribution >= 0.6 is 0 Å². The third-order valence-electron chi connectivity index (χ3n) is 2.63. The highest BCUT2D eigenvalue weighted by molar-refractivity contribution is 5.59. The summed E-state index contributed by atoms with van der Waals surface area (Å²) in [5.74, 6) is 1.66. The van der Waals surface area contributed by atoms with E-state index >= 15 is 0 Å². The second-order valence-corrected chi connectivity index (χ2v) is 4.25. The molecule has 0 aliphatic rings. The molecule has 0 N–H and O–H groups in total. The monoisotopic (exact) mass is 260 g/mol. The van der Waals surface area contributed by atoms with E-state index in [0.717, 1.165) is 18.3 Å². The molecule has 0 saturated heterocycles. The fraction of sp³-hybridized carbons (Fsp3) is 0.357. The van der Waals surface area contributed by atoms with Crippen LogP contribution in [0.15, 0.2) is 28.8 Å². The summed E-state index contributed by atoms with van der Waals surface area (Å²) in [6, 6.07) is 7.32. The molecule has 0 fully saturated rings. The Bertz CT molecular complexity index is 551. The van der Waals surface area contributed by atoms with E-state index in [1.54, 1.807) is 13.0 Å². The lowest BCUT2D eigenvalue weighted by Crippen LogP contribution is -2.17. The molecule has 0 aliphatic heterocycles. The molecule has 0 saturated carbocycles. The van der Waals surface area contributed by atoms with E-state index in [9.17, 15) is 4.79 Å². The van der Waals surface area contributed by atoms with Crippen molar-refractivity contribution in [3.05, 3.63) is 30.2 Å². The summed E-state index contributed by atoms with van der Waals surface area (Å²) in [4.78, 5) is 15.0. The van der Waals surface area contributed by atoms with E-state index in [1.165, 1.54) is 0 Å². The molecule has 0 aliphatic carbocycles. The van der Waals surface area contributed by atoms with Gasteiger partial charge in [0.1, 0.15) is 5.75 Å². The number of carbonyl (C=O) groups is 1. The number of aromatic nitrogens is 2. The molecule has 5 heteroatoms. The predicted molar refractivity (Wildman–Crippen MR) is 69.9 cm³/mol. The summed E-state index contributed by atoms with van der Waals surface area (Å²) in [7, 11) is 0. The van der Waals surface area contributed by atoms with Crippen LogP contribution in [0.5, 0.6) is 5.75 Å². The largest absolute Gasteiger partial charge is 0.483 e. The van der Waals surface area contributed by atoms with Crippen molar-refractivity contribution in [1.82, 2.24) is 10.1 Å². The highest BCUT2D eigenvalue weighted by atomic mass is 16.5.